The van der Waals surface area contributed by atoms with E-state index < -0.39 is 17.2 Å². The molecule has 0 saturated carbocycles. The molecule has 1 heterocycles. The summed E-state index contributed by atoms with van der Waals surface area (Å²) in [4.78, 5) is 13.8. The SMILES string of the molecule is CC(C)(C)OC(=O)CC1(O)CCN(c2ccc(N)cc2F)CC1.[Li]. The standard InChI is InChI=1S/C17H25FN2O3.Li/c1-16(2,3)23-15(21)11-17(22)6-8-20(9-7-17)14-5-4-12(19)10-13(14)18;/h4-5,10,22H,6-9,11,19H2,1-3H3;. The maximum Gasteiger partial charge on any atom is 0.309 e. The molecule has 0 bridgehead atoms. The van der Waals surface area contributed by atoms with E-state index >= 15 is 0 Å². The quantitative estimate of drug-likeness (QED) is 0.504. The number of esters is 1. The minimum absolute atomic E-state index is 0. The number of piperidine rings is 1. The molecule has 0 unspecified atom stereocenters. The summed E-state index contributed by atoms with van der Waals surface area (Å²) in [7, 11) is 0. The van der Waals surface area contributed by atoms with Crippen LogP contribution < -0.4 is 10.6 Å². The summed E-state index contributed by atoms with van der Waals surface area (Å²) in [5.41, 5.74) is 4.74. The molecule has 0 amide bonds. The number of anilines is 2. The number of nitrogens with zero attached hydrogens (tertiary/aromatic N) is 1. The number of benzene rings is 1. The molecule has 1 aliphatic heterocycles. The fraction of sp³-hybridized carbons (Fsp3) is 0.588. The van der Waals surface area contributed by atoms with Gasteiger partial charge in [-0.3, -0.25) is 4.79 Å². The van der Waals surface area contributed by atoms with E-state index in [2.05, 4.69) is 0 Å². The van der Waals surface area contributed by atoms with E-state index in [0.29, 0.717) is 37.3 Å². The van der Waals surface area contributed by atoms with E-state index in [0.717, 1.165) is 0 Å². The van der Waals surface area contributed by atoms with Crippen molar-refractivity contribution < 1.29 is 19.0 Å². The zero-order valence-corrected chi connectivity index (χ0v) is 14.9. The van der Waals surface area contributed by atoms with E-state index in [1.165, 1.54) is 6.07 Å². The van der Waals surface area contributed by atoms with E-state index in [-0.39, 0.29) is 31.1 Å². The molecule has 0 spiro atoms. The number of carbonyl (C=O) groups is 1. The van der Waals surface area contributed by atoms with Crippen LogP contribution in [0.5, 0.6) is 0 Å². The number of hydrogen-bond donors (Lipinski definition) is 2. The molecule has 0 aliphatic carbocycles. The summed E-state index contributed by atoms with van der Waals surface area (Å²) in [6, 6.07) is 4.58. The Morgan fingerprint density at radius 3 is 2.46 bits per heavy atom. The molecule has 1 fully saturated rings. The normalized spacial score (nSPS) is 17.1. The number of nitrogens with two attached hydrogens (primary N) is 1. The second kappa shape index (κ2) is 7.77. The molecule has 5 nitrogen and oxygen atoms in total. The number of carbonyl (C=O) groups excluding carboxylic acids is 1. The first kappa shape index (κ1) is 20.8. The molecule has 0 aromatic heterocycles. The van der Waals surface area contributed by atoms with E-state index in [1.54, 1.807) is 32.9 Å². The average molecular weight is 331 g/mol. The largest absolute Gasteiger partial charge is 0.460 e. The molecule has 1 aromatic carbocycles. The third-order valence-corrected chi connectivity index (χ3v) is 3.90. The van der Waals surface area contributed by atoms with Crippen LogP contribution in [0.4, 0.5) is 15.8 Å². The van der Waals surface area contributed by atoms with E-state index in [1.807, 2.05) is 4.90 Å². The number of aliphatic hydroxyl groups is 1. The summed E-state index contributed by atoms with van der Waals surface area (Å²) in [5, 5.41) is 10.6. The minimum Gasteiger partial charge on any atom is -0.460 e. The van der Waals surface area contributed by atoms with Crippen molar-refractivity contribution in [3.05, 3.63) is 24.0 Å². The molecule has 1 saturated heterocycles. The smallest absolute Gasteiger partial charge is 0.309 e. The maximum absolute atomic E-state index is 14.0. The van der Waals surface area contributed by atoms with Gasteiger partial charge in [0.25, 0.3) is 0 Å². The number of ether oxygens (including phenoxy) is 1. The average Bonchev–Trinajstić information content (AvgIpc) is 2.37. The number of rotatable bonds is 3. The van der Waals surface area contributed by atoms with Crippen molar-refractivity contribution in [3.63, 3.8) is 0 Å². The predicted octanol–water partition coefficient (Wildman–Crippen LogP) is 2.09. The van der Waals surface area contributed by atoms with Crippen LogP contribution in [0.3, 0.4) is 0 Å². The van der Waals surface area contributed by atoms with Gasteiger partial charge in [0, 0.05) is 37.6 Å². The summed E-state index contributed by atoms with van der Waals surface area (Å²) in [6.07, 6.45) is 0.731. The van der Waals surface area contributed by atoms with Crippen LogP contribution in [0, 0.1) is 5.82 Å². The third kappa shape index (κ3) is 5.69. The minimum atomic E-state index is -1.09. The molecule has 0 atom stereocenters. The van der Waals surface area contributed by atoms with Crippen LogP contribution in [0.15, 0.2) is 18.2 Å². The second-order valence-electron chi connectivity index (χ2n) is 7.19. The Hall–Kier alpha value is -1.22. The molecule has 1 aliphatic rings. The van der Waals surface area contributed by atoms with Crippen molar-refractivity contribution in [1.82, 2.24) is 0 Å². The molecular weight excluding hydrogens is 306 g/mol. The van der Waals surface area contributed by atoms with Gasteiger partial charge < -0.3 is 20.5 Å². The van der Waals surface area contributed by atoms with Gasteiger partial charge in [-0.15, -0.1) is 0 Å². The van der Waals surface area contributed by atoms with Crippen molar-refractivity contribution in [2.45, 2.75) is 51.2 Å². The van der Waals surface area contributed by atoms with Crippen LogP contribution in [0.25, 0.3) is 0 Å². The molecule has 2 rings (SSSR count). The second-order valence-corrected chi connectivity index (χ2v) is 7.19. The first-order chi connectivity index (χ1) is 10.6. The number of nitrogen functional groups attached to an aromatic ring is 1. The van der Waals surface area contributed by atoms with Gasteiger partial charge in [-0.2, -0.15) is 0 Å². The van der Waals surface area contributed by atoms with Crippen LogP contribution in [0.2, 0.25) is 0 Å². The fourth-order valence-electron chi connectivity index (χ4n) is 2.77. The number of halogens is 1. The predicted molar refractivity (Wildman–Crippen MR) is 93.4 cm³/mol. The first-order valence-corrected chi connectivity index (χ1v) is 7.82. The summed E-state index contributed by atoms with van der Waals surface area (Å²) in [5.74, 6) is -0.783. The van der Waals surface area contributed by atoms with Gasteiger partial charge in [0.1, 0.15) is 11.4 Å². The summed E-state index contributed by atoms with van der Waals surface area (Å²) in [6.45, 7) is 6.32. The topological polar surface area (TPSA) is 75.8 Å². The van der Waals surface area contributed by atoms with Gasteiger partial charge in [-0.05, 0) is 51.8 Å². The monoisotopic (exact) mass is 331 g/mol. The molecule has 3 N–H and O–H groups in total. The third-order valence-electron chi connectivity index (χ3n) is 3.90. The summed E-state index contributed by atoms with van der Waals surface area (Å²) < 4.78 is 19.2. The van der Waals surface area contributed by atoms with Crippen molar-refractivity contribution in [2.75, 3.05) is 23.7 Å². The van der Waals surface area contributed by atoms with Crippen molar-refractivity contribution in [3.8, 4) is 0 Å². The van der Waals surface area contributed by atoms with Crippen LogP contribution in [-0.4, -0.2) is 54.2 Å². The zero-order chi connectivity index (χ0) is 17.3. The zero-order valence-electron chi connectivity index (χ0n) is 14.9. The fourth-order valence-corrected chi connectivity index (χ4v) is 2.77. The Bertz CT molecular complexity index is 582. The van der Waals surface area contributed by atoms with Gasteiger partial charge in [0.2, 0.25) is 0 Å². The molecule has 24 heavy (non-hydrogen) atoms. The Balaban J connectivity index is 0.00000288. The van der Waals surface area contributed by atoms with Gasteiger partial charge in [-0.1, -0.05) is 0 Å². The number of hydrogen-bond acceptors (Lipinski definition) is 5. The van der Waals surface area contributed by atoms with Crippen LogP contribution in [-0.2, 0) is 9.53 Å². The van der Waals surface area contributed by atoms with Crippen LogP contribution >= 0.6 is 0 Å². The van der Waals surface area contributed by atoms with Crippen molar-refractivity contribution >= 4 is 36.2 Å². The molecule has 7 heteroatoms. The van der Waals surface area contributed by atoms with E-state index in [9.17, 15) is 14.3 Å². The van der Waals surface area contributed by atoms with Gasteiger partial charge in [-0.25, -0.2) is 4.39 Å². The Morgan fingerprint density at radius 1 is 1.38 bits per heavy atom. The molecule has 129 valence electrons. The van der Waals surface area contributed by atoms with Gasteiger partial charge in [0.15, 0.2) is 0 Å². The molecule has 1 aromatic rings. The summed E-state index contributed by atoms with van der Waals surface area (Å²) >= 11 is 0. The Morgan fingerprint density at radius 2 is 1.96 bits per heavy atom. The van der Waals surface area contributed by atoms with Gasteiger partial charge in [0.05, 0.1) is 17.7 Å². The van der Waals surface area contributed by atoms with Crippen LogP contribution in [0.1, 0.15) is 40.0 Å². The Labute approximate surface area is 154 Å². The molecular formula is C17H25FLiN2O3. The maximum atomic E-state index is 14.0. The van der Waals surface area contributed by atoms with Crippen molar-refractivity contribution in [1.29, 1.82) is 0 Å². The van der Waals surface area contributed by atoms with Crippen molar-refractivity contribution in [2.24, 2.45) is 0 Å². The van der Waals surface area contributed by atoms with Gasteiger partial charge >= 0.3 is 5.97 Å². The Kier molecular flexibility index (Phi) is 6.74. The van der Waals surface area contributed by atoms with E-state index in [4.69, 9.17) is 10.5 Å². The first-order valence-electron chi connectivity index (χ1n) is 7.82. The molecule has 1 radical (unpaired) electrons.